The molecule has 2 aromatic rings. The van der Waals surface area contributed by atoms with Crippen molar-refractivity contribution in [3.05, 3.63) is 62.0 Å². The van der Waals surface area contributed by atoms with Gasteiger partial charge in [-0.3, -0.25) is 20.2 Å². The van der Waals surface area contributed by atoms with Crippen LogP contribution < -0.4 is 4.74 Å². The highest BCUT2D eigenvalue weighted by molar-refractivity contribution is 6.29. The first-order chi connectivity index (χ1) is 16.6. The number of hydrogen-bond donors (Lipinski definition) is 1. The number of pyridine rings is 2. The fourth-order valence-corrected chi connectivity index (χ4v) is 3.41. The highest BCUT2D eigenvalue weighted by Crippen LogP contribution is 2.18. The van der Waals surface area contributed by atoms with Crippen LogP contribution >= 0.6 is 11.6 Å². The Labute approximate surface area is 208 Å². The maximum atomic E-state index is 10.5. The lowest BCUT2D eigenvalue weighted by Gasteiger charge is -2.28. The zero-order valence-corrected chi connectivity index (χ0v) is 20.6. The van der Waals surface area contributed by atoms with E-state index in [0.29, 0.717) is 5.88 Å². The van der Waals surface area contributed by atoms with Crippen molar-refractivity contribution in [2.45, 2.75) is 37.9 Å². The summed E-state index contributed by atoms with van der Waals surface area (Å²) in [5.41, 5.74) is -0.0647. The molecule has 4 heterocycles. The second-order valence-electron chi connectivity index (χ2n) is 8.36. The van der Waals surface area contributed by atoms with Gasteiger partial charge in [-0.1, -0.05) is 11.6 Å². The summed E-state index contributed by atoms with van der Waals surface area (Å²) < 4.78 is 5.68. The first kappa shape index (κ1) is 28.3. The maximum Gasteiger partial charge on any atom is 0.287 e. The minimum atomic E-state index is -0.524. The molecule has 35 heavy (non-hydrogen) atoms. The molecule has 4 rings (SSSR count). The van der Waals surface area contributed by atoms with E-state index in [1.807, 2.05) is 0 Å². The smallest absolute Gasteiger partial charge is 0.287 e. The summed E-state index contributed by atoms with van der Waals surface area (Å²) in [4.78, 5) is 31.5. The van der Waals surface area contributed by atoms with Crippen LogP contribution in [0.4, 0.5) is 11.4 Å². The van der Waals surface area contributed by atoms with Crippen LogP contribution in [0.3, 0.4) is 0 Å². The Morgan fingerprint density at radius 3 is 1.77 bits per heavy atom. The molecule has 2 aliphatic heterocycles. The van der Waals surface area contributed by atoms with Crippen molar-refractivity contribution in [3.8, 4) is 5.88 Å². The number of piperidine rings is 2. The molecular weight excluding hydrogens is 480 g/mol. The van der Waals surface area contributed by atoms with Gasteiger partial charge in [-0.15, -0.1) is 0 Å². The highest BCUT2D eigenvalue weighted by atomic mass is 35.5. The Morgan fingerprint density at radius 2 is 1.37 bits per heavy atom. The van der Waals surface area contributed by atoms with Gasteiger partial charge in [-0.25, -0.2) is 9.97 Å². The quantitative estimate of drug-likeness (QED) is 0.369. The molecule has 2 saturated heterocycles. The third-order valence-electron chi connectivity index (χ3n) is 5.50. The molecule has 2 aromatic heterocycles. The predicted molar refractivity (Wildman–Crippen MR) is 131 cm³/mol. The summed E-state index contributed by atoms with van der Waals surface area (Å²) in [6.07, 6.45) is 6.33. The predicted octanol–water partition coefficient (Wildman–Crippen LogP) is 3.18. The number of ether oxygens (including phenoxy) is 1. The molecule has 12 nitrogen and oxygen atoms in total. The van der Waals surface area contributed by atoms with Crippen molar-refractivity contribution in [3.63, 3.8) is 0 Å². The monoisotopic (exact) mass is 510 g/mol. The third kappa shape index (κ3) is 10.9. The summed E-state index contributed by atoms with van der Waals surface area (Å²) in [6, 6.07) is 5.64. The molecule has 0 atom stereocenters. The Morgan fingerprint density at radius 1 is 0.886 bits per heavy atom. The van der Waals surface area contributed by atoms with Crippen molar-refractivity contribution in [1.82, 2.24) is 19.8 Å². The molecule has 2 fully saturated rings. The molecule has 0 spiro atoms. The van der Waals surface area contributed by atoms with Crippen LogP contribution in [0.15, 0.2) is 36.7 Å². The lowest BCUT2D eigenvalue weighted by Crippen LogP contribution is -2.35. The summed E-state index contributed by atoms with van der Waals surface area (Å²) in [6.45, 7) is 4.14. The average molecular weight is 511 g/mol. The first-order valence-electron chi connectivity index (χ1n) is 11.2. The van der Waals surface area contributed by atoms with Crippen LogP contribution in [0, 0.1) is 20.2 Å². The van der Waals surface area contributed by atoms with E-state index in [1.54, 1.807) is 6.07 Å². The van der Waals surface area contributed by atoms with Gasteiger partial charge in [0.05, 0.1) is 16.0 Å². The van der Waals surface area contributed by atoms with E-state index in [9.17, 15) is 20.2 Å². The molecule has 0 unspecified atom stereocenters. The molecule has 0 bridgehead atoms. The van der Waals surface area contributed by atoms with Gasteiger partial charge in [0.2, 0.25) is 5.88 Å². The Kier molecular flexibility index (Phi) is 11.7. The molecule has 13 heteroatoms. The topological polar surface area (TPSA) is 148 Å². The largest absolute Gasteiger partial charge is 0.474 e. The van der Waals surface area contributed by atoms with Crippen molar-refractivity contribution in [1.29, 1.82) is 0 Å². The summed E-state index contributed by atoms with van der Waals surface area (Å²) in [5.74, 6) is 0.463. The van der Waals surface area contributed by atoms with Gasteiger partial charge >= 0.3 is 0 Å². The third-order valence-corrected chi connectivity index (χ3v) is 5.72. The first-order valence-corrected chi connectivity index (χ1v) is 11.6. The number of nitro groups is 2. The minimum Gasteiger partial charge on any atom is -0.474 e. The van der Waals surface area contributed by atoms with E-state index in [-0.39, 0.29) is 28.7 Å². The van der Waals surface area contributed by atoms with Crippen molar-refractivity contribution in [2.75, 3.05) is 40.3 Å². The minimum absolute atomic E-state index is 0.0132. The van der Waals surface area contributed by atoms with E-state index < -0.39 is 9.85 Å². The molecular formula is C22H31ClN6O6. The van der Waals surface area contributed by atoms with Gasteiger partial charge in [0, 0.05) is 44.4 Å². The van der Waals surface area contributed by atoms with Crippen LogP contribution in [0.1, 0.15) is 25.7 Å². The van der Waals surface area contributed by atoms with E-state index in [0.717, 1.165) is 58.1 Å². The van der Waals surface area contributed by atoms with Gasteiger partial charge in [0.1, 0.15) is 23.7 Å². The van der Waals surface area contributed by atoms with Crippen molar-refractivity contribution >= 4 is 23.0 Å². The standard InChI is InChI=1S/C11H15N3O3.C6H13NO.C5H3ClN2O2/c1-13-6-4-10(5-7-13)17-11-3-2-9(8-12-11)14(15)16;1-7-4-2-6(8)3-5-7;6-5-2-1-4(3-7-5)8(9)10/h2-3,8,10H,4-7H2,1H3;6,8H,2-5H2,1H3;1-3H. The van der Waals surface area contributed by atoms with E-state index in [4.69, 9.17) is 21.4 Å². The van der Waals surface area contributed by atoms with Crippen LogP contribution in [0.2, 0.25) is 5.15 Å². The number of hydrogen-bond acceptors (Lipinski definition) is 10. The molecule has 0 aliphatic carbocycles. The van der Waals surface area contributed by atoms with E-state index in [1.165, 1.54) is 24.4 Å². The van der Waals surface area contributed by atoms with E-state index >= 15 is 0 Å². The summed E-state index contributed by atoms with van der Waals surface area (Å²) in [7, 11) is 4.17. The van der Waals surface area contributed by atoms with Gasteiger partial charge in [-0.2, -0.15) is 0 Å². The number of rotatable bonds is 4. The Hall–Kier alpha value is -2.93. The molecule has 0 aromatic carbocycles. The normalized spacial score (nSPS) is 17.4. The summed E-state index contributed by atoms with van der Waals surface area (Å²) >= 11 is 5.38. The average Bonchev–Trinajstić information content (AvgIpc) is 2.84. The molecule has 0 amide bonds. The Bertz CT molecular complexity index is 907. The SMILES string of the molecule is CN1CCC(O)CC1.CN1CCC(Oc2ccc([N+](=O)[O-])cn2)CC1.O=[N+]([O-])c1ccc(Cl)nc1. The molecule has 0 saturated carbocycles. The summed E-state index contributed by atoms with van der Waals surface area (Å²) in [5, 5.41) is 29.7. The zero-order chi connectivity index (χ0) is 25.8. The lowest BCUT2D eigenvalue weighted by atomic mass is 10.1. The van der Waals surface area contributed by atoms with Crippen molar-refractivity contribution < 1.29 is 19.7 Å². The number of nitrogens with zero attached hydrogens (tertiary/aromatic N) is 6. The van der Waals surface area contributed by atoms with E-state index in [2.05, 4.69) is 33.9 Å². The number of likely N-dealkylation sites (tertiary alicyclic amines) is 2. The van der Waals surface area contributed by atoms with Gasteiger partial charge in [-0.05, 0) is 45.8 Å². The number of aliphatic hydroxyl groups is 1. The highest BCUT2D eigenvalue weighted by Gasteiger charge is 2.18. The Balaban J connectivity index is 0.000000204. The second-order valence-corrected chi connectivity index (χ2v) is 8.75. The second kappa shape index (κ2) is 14.5. The number of halogens is 1. The molecule has 0 radical (unpaired) electrons. The fourth-order valence-electron chi connectivity index (χ4n) is 3.29. The molecule has 192 valence electrons. The maximum absolute atomic E-state index is 10.5. The van der Waals surface area contributed by atoms with Crippen LogP contribution in [0.5, 0.6) is 5.88 Å². The molecule has 1 N–H and O–H groups in total. The van der Waals surface area contributed by atoms with Gasteiger partial charge in [0.15, 0.2) is 0 Å². The molecule has 2 aliphatic rings. The van der Waals surface area contributed by atoms with Crippen LogP contribution in [-0.2, 0) is 0 Å². The van der Waals surface area contributed by atoms with Gasteiger partial charge < -0.3 is 19.6 Å². The lowest BCUT2D eigenvalue weighted by molar-refractivity contribution is -0.385. The fraction of sp³-hybridized carbons (Fsp3) is 0.545. The van der Waals surface area contributed by atoms with Crippen LogP contribution in [0.25, 0.3) is 0 Å². The van der Waals surface area contributed by atoms with Crippen molar-refractivity contribution in [2.24, 2.45) is 0 Å². The van der Waals surface area contributed by atoms with Crippen LogP contribution in [-0.4, -0.2) is 87.2 Å². The van der Waals surface area contributed by atoms with Gasteiger partial charge in [0.25, 0.3) is 11.4 Å². The number of aromatic nitrogens is 2. The zero-order valence-electron chi connectivity index (χ0n) is 19.8. The number of aliphatic hydroxyl groups excluding tert-OH is 1.